The normalized spacial score (nSPS) is 10.3. The first-order valence-electron chi connectivity index (χ1n) is 9.49. The molecule has 1 heterocycles. The standard InChI is InChI=1S/C23H23N3O3/c1-3-16-7-5-6-8-21(16)26-22(27)18-13-20(15-24-14-18)25-19-11-9-17(10-12-19)23(28)29-4-2/h5-15,25H,3-4H2,1-2H3,(H,26,27). The van der Waals surface area contributed by atoms with Crippen molar-refractivity contribution in [2.24, 2.45) is 0 Å². The number of para-hydroxylation sites is 1. The van der Waals surface area contributed by atoms with Crippen LogP contribution in [-0.2, 0) is 11.2 Å². The molecule has 0 aliphatic rings. The average molecular weight is 389 g/mol. The molecular weight excluding hydrogens is 366 g/mol. The quantitative estimate of drug-likeness (QED) is 0.567. The van der Waals surface area contributed by atoms with Crippen molar-refractivity contribution in [2.45, 2.75) is 20.3 Å². The summed E-state index contributed by atoms with van der Waals surface area (Å²) in [6, 6.07) is 16.4. The lowest BCUT2D eigenvalue weighted by atomic mass is 10.1. The van der Waals surface area contributed by atoms with Gasteiger partial charge in [0.1, 0.15) is 0 Å². The zero-order chi connectivity index (χ0) is 20.6. The maximum Gasteiger partial charge on any atom is 0.338 e. The number of benzene rings is 2. The maximum absolute atomic E-state index is 12.6. The summed E-state index contributed by atoms with van der Waals surface area (Å²) in [7, 11) is 0. The Morgan fingerprint density at radius 1 is 0.931 bits per heavy atom. The predicted molar refractivity (Wildman–Crippen MR) is 114 cm³/mol. The van der Waals surface area contributed by atoms with Crippen molar-refractivity contribution in [2.75, 3.05) is 17.2 Å². The number of amides is 1. The van der Waals surface area contributed by atoms with Crippen LogP contribution in [0, 0.1) is 0 Å². The highest BCUT2D eigenvalue weighted by Crippen LogP contribution is 2.20. The van der Waals surface area contributed by atoms with E-state index in [2.05, 4.69) is 15.6 Å². The lowest BCUT2D eigenvalue weighted by Gasteiger charge is -2.11. The Kier molecular flexibility index (Phi) is 6.58. The molecule has 6 heteroatoms. The number of carbonyl (C=O) groups excluding carboxylic acids is 2. The summed E-state index contributed by atoms with van der Waals surface area (Å²) in [6.07, 6.45) is 3.99. The monoisotopic (exact) mass is 389 g/mol. The minimum Gasteiger partial charge on any atom is -0.462 e. The van der Waals surface area contributed by atoms with Crippen LogP contribution in [0.3, 0.4) is 0 Å². The molecule has 0 saturated carbocycles. The van der Waals surface area contributed by atoms with Crippen molar-refractivity contribution in [3.05, 3.63) is 83.7 Å². The number of ether oxygens (including phenoxy) is 1. The van der Waals surface area contributed by atoms with Gasteiger partial charge >= 0.3 is 5.97 Å². The molecule has 0 spiro atoms. The number of anilines is 3. The van der Waals surface area contributed by atoms with E-state index in [1.54, 1.807) is 43.5 Å². The Bertz CT molecular complexity index is 1000. The fourth-order valence-corrected chi connectivity index (χ4v) is 2.85. The van der Waals surface area contributed by atoms with Gasteiger partial charge < -0.3 is 15.4 Å². The highest BCUT2D eigenvalue weighted by atomic mass is 16.5. The first-order chi connectivity index (χ1) is 14.1. The predicted octanol–water partition coefficient (Wildman–Crippen LogP) is 4.82. The number of hydrogen-bond acceptors (Lipinski definition) is 5. The van der Waals surface area contributed by atoms with Crippen LogP contribution in [0.4, 0.5) is 17.1 Å². The van der Waals surface area contributed by atoms with E-state index in [1.807, 2.05) is 31.2 Å². The van der Waals surface area contributed by atoms with Crippen LogP contribution in [-0.4, -0.2) is 23.5 Å². The SMILES string of the molecule is CCOC(=O)c1ccc(Nc2cncc(C(=O)Nc3ccccc3CC)c2)cc1. The molecule has 0 fully saturated rings. The molecule has 0 saturated heterocycles. The molecule has 3 aromatic rings. The molecule has 2 aromatic carbocycles. The molecule has 6 nitrogen and oxygen atoms in total. The summed E-state index contributed by atoms with van der Waals surface area (Å²) in [5.41, 5.74) is 4.25. The van der Waals surface area contributed by atoms with Crippen molar-refractivity contribution in [3.63, 3.8) is 0 Å². The molecule has 29 heavy (non-hydrogen) atoms. The number of nitrogens with zero attached hydrogens (tertiary/aromatic N) is 1. The van der Waals surface area contributed by atoms with Gasteiger partial charge in [0, 0.05) is 17.6 Å². The molecule has 0 bridgehead atoms. The van der Waals surface area contributed by atoms with Gasteiger partial charge in [-0.2, -0.15) is 0 Å². The molecule has 2 N–H and O–H groups in total. The van der Waals surface area contributed by atoms with Crippen molar-refractivity contribution in [1.82, 2.24) is 4.98 Å². The zero-order valence-corrected chi connectivity index (χ0v) is 16.4. The minimum atomic E-state index is -0.355. The van der Waals surface area contributed by atoms with E-state index in [0.29, 0.717) is 23.4 Å². The molecule has 0 atom stereocenters. The summed E-state index contributed by atoms with van der Waals surface area (Å²) >= 11 is 0. The summed E-state index contributed by atoms with van der Waals surface area (Å²) < 4.78 is 4.98. The van der Waals surface area contributed by atoms with E-state index in [4.69, 9.17) is 4.74 Å². The number of esters is 1. The molecular formula is C23H23N3O3. The molecule has 1 aromatic heterocycles. The number of carbonyl (C=O) groups is 2. The average Bonchev–Trinajstić information content (AvgIpc) is 2.75. The molecule has 0 aliphatic carbocycles. The first kappa shape index (κ1) is 20.1. The fraction of sp³-hybridized carbons (Fsp3) is 0.174. The number of aromatic nitrogens is 1. The van der Waals surface area contributed by atoms with Crippen LogP contribution in [0.5, 0.6) is 0 Å². The van der Waals surface area contributed by atoms with Crippen molar-refractivity contribution in [3.8, 4) is 0 Å². The van der Waals surface area contributed by atoms with Crippen LogP contribution >= 0.6 is 0 Å². The molecule has 148 valence electrons. The second kappa shape index (κ2) is 9.50. The van der Waals surface area contributed by atoms with Crippen LogP contribution < -0.4 is 10.6 Å². The maximum atomic E-state index is 12.6. The summed E-state index contributed by atoms with van der Waals surface area (Å²) in [5, 5.41) is 6.13. The number of aryl methyl sites for hydroxylation is 1. The smallest absolute Gasteiger partial charge is 0.338 e. The molecule has 1 amide bonds. The second-order valence-electron chi connectivity index (χ2n) is 6.35. The Morgan fingerprint density at radius 3 is 2.41 bits per heavy atom. The van der Waals surface area contributed by atoms with Gasteiger partial charge in [-0.3, -0.25) is 9.78 Å². The lowest BCUT2D eigenvalue weighted by Crippen LogP contribution is -2.13. The van der Waals surface area contributed by atoms with Crippen LogP contribution in [0.15, 0.2) is 67.0 Å². The number of nitrogens with one attached hydrogen (secondary N) is 2. The number of rotatable bonds is 7. The van der Waals surface area contributed by atoms with Crippen LogP contribution in [0.1, 0.15) is 40.1 Å². The summed E-state index contributed by atoms with van der Waals surface area (Å²) in [5.74, 6) is -0.577. The van der Waals surface area contributed by atoms with Gasteiger partial charge in [-0.1, -0.05) is 25.1 Å². The van der Waals surface area contributed by atoms with E-state index >= 15 is 0 Å². The van der Waals surface area contributed by atoms with E-state index in [1.165, 1.54) is 6.20 Å². The molecule has 0 aliphatic heterocycles. The van der Waals surface area contributed by atoms with E-state index in [-0.39, 0.29) is 11.9 Å². The van der Waals surface area contributed by atoms with Crippen molar-refractivity contribution >= 4 is 28.9 Å². The Hall–Kier alpha value is -3.67. The van der Waals surface area contributed by atoms with Gasteiger partial charge in [0.2, 0.25) is 0 Å². The van der Waals surface area contributed by atoms with Gasteiger partial charge in [-0.25, -0.2) is 4.79 Å². The third-order valence-electron chi connectivity index (χ3n) is 4.33. The van der Waals surface area contributed by atoms with E-state index < -0.39 is 0 Å². The topological polar surface area (TPSA) is 80.3 Å². The largest absolute Gasteiger partial charge is 0.462 e. The summed E-state index contributed by atoms with van der Waals surface area (Å²) in [4.78, 5) is 28.5. The van der Waals surface area contributed by atoms with Crippen molar-refractivity contribution < 1.29 is 14.3 Å². The van der Waals surface area contributed by atoms with Gasteiger partial charge in [0.25, 0.3) is 5.91 Å². The van der Waals surface area contributed by atoms with E-state index in [9.17, 15) is 9.59 Å². The minimum absolute atomic E-state index is 0.222. The third kappa shape index (κ3) is 5.19. The Labute approximate surface area is 169 Å². The Morgan fingerprint density at radius 2 is 1.69 bits per heavy atom. The van der Waals surface area contributed by atoms with Gasteiger partial charge in [-0.15, -0.1) is 0 Å². The highest BCUT2D eigenvalue weighted by molar-refractivity contribution is 6.05. The molecule has 0 radical (unpaired) electrons. The van der Waals surface area contributed by atoms with Crippen LogP contribution in [0.2, 0.25) is 0 Å². The van der Waals surface area contributed by atoms with Crippen molar-refractivity contribution in [1.29, 1.82) is 0 Å². The van der Waals surface area contributed by atoms with Gasteiger partial charge in [0.05, 0.1) is 29.6 Å². The Balaban J connectivity index is 1.71. The highest BCUT2D eigenvalue weighted by Gasteiger charge is 2.10. The molecule has 0 unspecified atom stereocenters. The fourth-order valence-electron chi connectivity index (χ4n) is 2.85. The third-order valence-corrected chi connectivity index (χ3v) is 4.33. The van der Waals surface area contributed by atoms with Crippen LogP contribution in [0.25, 0.3) is 0 Å². The molecule has 3 rings (SSSR count). The first-order valence-corrected chi connectivity index (χ1v) is 9.49. The van der Waals surface area contributed by atoms with Gasteiger partial charge in [-0.05, 0) is 55.3 Å². The van der Waals surface area contributed by atoms with E-state index in [0.717, 1.165) is 23.4 Å². The zero-order valence-electron chi connectivity index (χ0n) is 16.4. The number of pyridine rings is 1. The summed E-state index contributed by atoms with van der Waals surface area (Å²) in [6.45, 7) is 4.15. The van der Waals surface area contributed by atoms with Gasteiger partial charge in [0.15, 0.2) is 0 Å². The lowest BCUT2D eigenvalue weighted by molar-refractivity contribution is 0.0526. The number of hydrogen-bond donors (Lipinski definition) is 2. The second-order valence-corrected chi connectivity index (χ2v) is 6.35.